The van der Waals surface area contributed by atoms with Crippen molar-refractivity contribution >= 4 is 17.3 Å². The van der Waals surface area contributed by atoms with Gasteiger partial charge in [-0.25, -0.2) is 10.4 Å². The average Bonchev–Trinajstić information content (AvgIpc) is 2.44. The van der Waals surface area contributed by atoms with Crippen LogP contribution in [0.4, 0.5) is 11.6 Å². The van der Waals surface area contributed by atoms with Crippen LogP contribution < -0.4 is 11.0 Å². The lowest BCUT2D eigenvalue weighted by molar-refractivity contribution is -0.385. The predicted molar refractivity (Wildman–Crippen MR) is 83.3 cm³/mol. The number of hydrogen-bond acceptors (Lipinski definition) is 6. The topological polar surface area (TPSA) is 113 Å². The number of rotatable bonds is 4. The standard InChI is InChI=1S/C14H15N5O3/c1-8-4-5-11(7-12(8)19(21)22)10(3)17-18-14-15-9(2)6-13(20)16-14/h4-7H,1-3H3,(H2,15,16,18,20). The minimum absolute atomic E-state index is 0.0362. The quantitative estimate of drug-likeness (QED) is 0.510. The highest BCUT2D eigenvalue weighted by atomic mass is 16.6. The molecule has 0 saturated carbocycles. The third-order valence-corrected chi connectivity index (χ3v) is 3.02. The number of aromatic amines is 1. The highest BCUT2D eigenvalue weighted by molar-refractivity contribution is 5.99. The number of nitro benzene ring substituents is 1. The minimum Gasteiger partial charge on any atom is -0.291 e. The normalized spacial score (nSPS) is 11.3. The summed E-state index contributed by atoms with van der Waals surface area (Å²) in [5, 5.41) is 15.0. The van der Waals surface area contributed by atoms with Crippen LogP contribution in [0.25, 0.3) is 0 Å². The molecule has 8 heteroatoms. The number of H-pyrrole nitrogens is 1. The van der Waals surface area contributed by atoms with Crippen molar-refractivity contribution in [3.8, 4) is 0 Å². The number of aryl methyl sites for hydroxylation is 2. The first-order valence-corrected chi connectivity index (χ1v) is 6.50. The molecule has 0 unspecified atom stereocenters. The third-order valence-electron chi connectivity index (χ3n) is 3.02. The number of nitrogens with zero attached hydrogens (tertiary/aromatic N) is 3. The van der Waals surface area contributed by atoms with Crippen LogP contribution in [0.3, 0.4) is 0 Å². The Balaban J connectivity index is 2.27. The maximum absolute atomic E-state index is 11.3. The molecule has 0 aliphatic heterocycles. The Bertz CT molecular complexity index is 810. The van der Waals surface area contributed by atoms with Crippen LogP contribution in [0.5, 0.6) is 0 Å². The lowest BCUT2D eigenvalue weighted by atomic mass is 10.1. The van der Waals surface area contributed by atoms with Crippen molar-refractivity contribution in [1.29, 1.82) is 0 Å². The fraction of sp³-hybridized carbons (Fsp3) is 0.214. The van der Waals surface area contributed by atoms with E-state index in [-0.39, 0.29) is 17.2 Å². The summed E-state index contributed by atoms with van der Waals surface area (Å²) in [5.74, 6) is 0.214. The molecule has 0 bridgehead atoms. The van der Waals surface area contributed by atoms with E-state index >= 15 is 0 Å². The summed E-state index contributed by atoms with van der Waals surface area (Å²) >= 11 is 0. The molecule has 0 fully saturated rings. The van der Waals surface area contributed by atoms with Gasteiger partial charge in [0.25, 0.3) is 11.2 Å². The molecule has 0 aliphatic carbocycles. The van der Waals surface area contributed by atoms with Crippen LogP contribution in [0.2, 0.25) is 0 Å². The number of nitrogens with one attached hydrogen (secondary N) is 2. The van der Waals surface area contributed by atoms with Gasteiger partial charge >= 0.3 is 0 Å². The Morgan fingerprint density at radius 2 is 2.09 bits per heavy atom. The van der Waals surface area contributed by atoms with Crippen LogP contribution in [-0.2, 0) is 0 Å². The summed E-state index contributed by atoms with van der Waals surface area (Å²) in [6, 6.07) is 6.24. The van der Waals surface area contributed by atoms with E-state index in [1.54, 1.807) is 32.9 Å². The van der Waals surface area contributed by atoms with Crippen LogP contribution in [0.15, 0.2) is 34.2 Å². The minimum atomic E-state index is -0.431. The number of anilines is 1. The average molecular weight is 301 g/mol. The zero-order chi connectivity index (χ0) is 16.3. The predicted octanol–water partition coefficient (Wildman–Crippen LogP) is 2.13. The summed E-state index contributed by atoms with van der Waals surface area (Å²) in [4.78, 5) is 28.4. The van der Waals surface area contributed by atoms with E-state index in [0.29, 0.717) is 22.5 Å². The number of benzene rings is 1. The maximum atomic E-state index is 11.3. The van der Waals surface area contributed by atoms with Crippen molar-refractivity contribution < 1.29 is 4.92 Å². The molecule has 22 heavy (non-hydrogen) atoms. The van der Waals surface area contributed by atoms with Gasteiger partial charge in [0, 0.05) is 29.0 Å². The van der Waals surface area contributed by atoms with Crippen LogP contribution >= 0.6 is 0 Å². The van der Waals surface area contributed by atoms with E-state index in [0.717, 1.165) is 0 Å². The molecule has 1 heterocycles. The maximum Gasteiger partial charge on any atom is 0.272 e. The number of hydrazone groups is 1. The van der Waals surface area contributed by atoms with E-state index < -0.39 is 4.92 Å². The molecular formula is C14H15N5O3. The van der Waals surface area contributed by atoms with Crippen molar-refractivity contribution in [3.05, 3.63) is 61.6 Å². The van der Waals surface area contributed by atoms with Gasteiger partial charge in [-0.1, -0.05) is 12.1 Å². The van der Waals surface area contributed by atoms with Crippen molar-refractivity contribution in [3.63, 3.8) is 0 Å². The van der Waals surface area contributed by atoms with Gasteiger partial charge in [0.15, 0.2) is 0 Å². The lowest BCUT2D eigenvalue weighted by Crippen LogP contribution is -2.11. The summed E-state index contributed by atoms with van der Waals surface area (Å²) in [5.41, 5.74) is 4.68. The zero-order valence-electron chi connectivity index (χ0n) is 12.4. The molecule has 0 saturated heterocycles. The molecule has 114 valence electrons. The summed E-state index contributed by atoms with van der Waals surface area (Å²) in [6.07, 6.45) is 0. The number of hydrogen-bond donors (Lipinski definition) is 2. The second-order valence-electron chi connectivity index (χ2n) is 4.80. The van der Waals surface area contributed by atoms with Gasteiger partial charge in [0.2, 0.25) is 5.95 Å². The van der Waals surface area contributed by atoms with Crippen LogP contribution in [-0.4, -0.2) is 20.6 Å². The van der Waals surface area contributed by atoms with E-state index in [1.165, 1.54) is 12.1 Å². The highest BCUT2D eigenvalue weighted by Gasteiger charge is 2.12. The molecule has 0 spiro atoms. The van der Waals surface area contributed by atoms with Crippen molar-refractivity contribution in [1.82, 2.24) is 9.97 Å². The van der Waals surface area contributed by atoms with E-state index in [2.05, 4.69) is 20.5 Å². The molecule has 8 nitrogen and oxygen atoms in total. The van der Waals surface area contributed by atoms with Gasteiger partial charge in [-0.2, -0.15) is 5.10 Å². The Kier molecular flexibility index (Phi) is 4.31. The van der Waals surface area contributed by atoms with E-state index in [1.807, 2.05) is 0 Å². The monoisotopic (exact) mass is 301 g/mol. The van der Waals surface area contributed by atoms with Gasteiger partial charge in [0.05, 0.1) is 10.6 Å². The van der Waals surface area contributed by atoms with E-state index in [4.69, 9.17) is 0 Å². The smallest absolute Gasteiger partial charge is 0.272 e. The fourth-order valence-electron chi connectivity index (χ4n) is 1.86. The van der Waals surface area contributed by atoms with Gasteiger partial charge in [-0.05, 0) is 20.8 Å². The Hall–Kier alpha value is -3.03. The van der Waals surface area contributed by atoms with Gasteiger partial charge < -0.3 is 0 Å². The first-order valence-electron chi connectivity index (χ1n) is 6.50. The molecule has 2 rings (SSSR count). The lowest BCUT2D eigenvalue weighted by Gasteiger charge is -2.04. The molecule has 1 aromatic carbocycles. The number of aromatic nitrogens is 2. The van der Waals surface area contributed by atoms with E-state index in [9.17, 15) is 14.9 Å². The zero-order valence-corrected chi connectivity index (χ0v) is 12.4. The molecule has 2 N–H and O–H groups in total. The molecular weight excluding hydrogens is 286 g/mol. The molecule has 0 radical (unpaired) electrons. The SMILES string of the molecule is CC(=NNc1nc(C)cc(=O)[nH]1)c1ccc(C)c([N+](=O)[O-])c1. The molecule has 0 aliphatic rings. The van der Waals surface area contributed by atoms with Crippen molar-refractivity contribution in [2.75, 3.05) is 5.43 Å². The first kappa shape index (κ1) is 15.4. The van der Waals surface area contributed by atoms with Crippen molar-refractivity contribution in [2.45, 2.75) is 20.8 Å². The highest BCUT2D eigenvalue weighted by Crippen LogP contribution is 2.19. The second kappa shape index (κ2) is 6.17. The largest absolute Gasteiger partial charge is 0.291 e. The van der Waals surface area contributed by atoms with Crippen LogP contribution in [0.1, 0.15) is 23.7 Å². The second-order valence-corrected chi connectivity index (χ2v) is 4.80. The molecule has 0 amide bonds. The summed E-state index contributed by atoms with van der Waals surface area (Å²) < 4.78 is 0. The van der Waals surface area contributed by atoms with Gasteiger partial charge in [-0.15, -0.1) is 0 Å². The number of nitro groups is 1. The summed E-state index contributed by atoms with van der Waals surface area (Å²) in [6.45, 7) is 5.07. The van der Waals surface area contributed by atoms with Crippen molar-refractivity contribution in [2.24, 2.45) is 5.10 Å². The Labute approximate surface area is 126 Å². The van der Waals surface area contributed by atoms with Crippen LogP contribution in [0, 0.1) is 24.0 Å². The molecule has 0 atom stereocenters. The molecule has 1 aromatic heterocycles. The molecule has 2 aromatic rings. The third kappa shape index (κ3) is 3.54. The Morgan fingerprint density at radius 1 is 1.36 bits per heavy atom. The van der Waals surface area contributed by atoms with Gasteiger partial charge in [-0.3, -0.25) is 19.9 Å². The Morgan fingerprint density at radius 3 is 2.73 bits per heavy atom. The first-order chi connectivity index (χ1) is 10.4. The van der Waals surface area contributed by atoms with Gasteiger partial charge in [0.1, 0.15) is 0 Å². The fourth-order valence-corrected chi connectivity index (χ4v) is 1.86. The summed E-state index contributed by atoms with van der Waals surface area (Å²) in [7, 11) is 0.